The van der Waals surface area contributed by atoms with Crippen molar-refractivity contribution in [2.75, 3.05) is 24.7 Å². The molecule has 0 fully saturated rings. The van der Waals surface area contributed by atoms with E-state index < -0.39 is 15.8 Å². The average molecular weight is 540 g/mol. The number of Topliss-reactive ketones (excluding diaryl/α,β-unsaturated/α-hetero) is 1. The SMILES string of the molecule is C=C(C(=O)c1ccc(S(=O)(=O)Nc2ccccn2)cc1)c1cc(C#Cc2ccccc2N)c(OC)cc1OC. The van der Waals surface area contributed by atoms with Gasteiger partial charge in [0.15, 0.2) is 5.78 Å². The molecular weight excluding hydrogens is 514 g/mol. The zero-order valence-electron chi connectivity index (χ0n) is 21.3. The Bertz CT molecular complexity index is 1710. The van der Waals surface area contributed by atoms with Crippen molar-refractivity contribution in [1.29, 1.82) is 0 Å². The number of pyridine rings is 1. The largest absolute Gasteiger partial charge is 0.496 e. The van der Waals surface area contributed by atoms with Crippen LogP contribution in [0.25, 0.3) is 5.57 Å². The summed E-state index contributed by atoms with van der Waals surface area (Å²) < 4.78 is 38.8. The summed E-state index contributed by atoms with van der Waals surface area (Å²) in [5.41, 5.74) is 8.51. The van der Waals surface area contributed by atoms with Crippen molar-refractivity contribution in [2.45, 2.75) is 4.90 Å². The van der Waals surface area contributed by atoms with Crippen molar-refractivity contribution < 1.29 is 22.7 Å². The third kappa shape index (κ3) is 6.09. The third-order valence-electron chi connectivity index (χ3n) is 5.74. The molecule has 0 bridgehead atoms. The van der Waals surface area contributed by atoms with Crippen molar-refractivity contribution in [3.63, 3.8) is 0 Å². The molecule has 4 aromatic rings. The monoisotopic (exact) mass is 539 g/mol. The highest BCUT2D eigenvalue weighted by atomic mass is 32.2. The summed E-state index contributed by atoms with van der Waals surface area (Å²) in [5.74, 6) is 6.67. The Balaban J connectivity index is 1.63. The second kappa shape index (κ2) is 11.5. The van der Waals surface area contributed by atoms with E-state index in [2.05, 4.69) is 28.1 Å². The van der Waals surface area contributed by atoms with Crippen molar-refractivity contribution in [3.05, 3.63) is 114 Å². The van der Waals surface area contributed by atoms with Gasteiger partial charge in [0.05, 0.1) is 24.7 Å². The van der Waals surface area contributed by atoms with Crippen LogP contribution in [-0.4, -0.2) is 33.4 Å². The Hall–Kier alpha value is -5.07. The minimum atomic E-state index is -3.89. The number of aromatic nitrogens is 1. The molecule has 0 saturated carbocycles. The maximum Gasteiger partial charge on any atom is 0.263 e. The van der Waals surface area contributed by atoms with Gasteiger partial charge in [-0.2, -0.15) is 0 Å². The maximum absolute atomic E-state index is 13.3. The summed E-state index contributed by atoms with van der Waals surface area (Å²) in [6.45, 7) is 3.99. The van der Waals surface area contributed by atoms with E-state index in [1.54, 1.807) is 36.4 Å². The molecule has 0 atom stereocenters. The number of carbonyl (C=O) groups is 1. The highest BCUT2D eigenvalue weighted by Gasteiger charge is 2.20. The van der Waals surface area contributed by atoms with Gasteiger partial charge in [-0.15, -0.1) is 0 Å². The van der Waals surface area contributed by atoms with Crippen molar-refractivity contribution >= 4 is 32.9 Å². The maximum atomic E-state index is 13.3. The van der Waals surface area contributed by atoms with Crippen molar-refractivity contribution in [3.8, 4) is 23.3 Å². The van der Waals surface area contributed by atoms with Gasteiger partial charge in [0.25, 0.3) is 10.0 Å². The standard InChI is InChI=1S/C30H25N3O5S/c1-20(30(34)22-13-15-24(16-14-22)39(35,36)33-29-10-6-7-17-32-29)25-18-23(27(37-2)19-28(25)38-3)12-11-21-8-4-5-9-26(21)31/h4-10,13-19H,1,31H2,2-3H3,(H,32,33). The number of hydrogen-bond acceptors (Lipinski definition) is 7. The van der Waals surface area contributed by atoms with Crippen LogP contribution < -0.4 is 19.9 Å². The number of hydrogen-bond donors (Lipinski definition) is 2. The molecule has 196 valence electrons. The number of nitrogens with zero attached hydrogens (tertiary/aromatic N) is 1. The fourth-order valence-electron chi connectivity index (χ4n) is 3.68. The first kappa shape index (κ1) is 27.0. The molecule has 0 radical (unpaired) electrons. The molecule has 9 heteroatoms. The first-order valence-corrected chi connectivity index (χ1v) is 13.1. The summed E-state index contributed by atoms with van der Waals surface area (Å²) in [6.07, 6.45) is 1.48. The number of methoxy groups -OCH3 is 2. The number of carbonyl (C=O) groups excluding carboxylic acids is 1. The summed E-state index contributed by atoms with van der Waals surface area (Å²) in [4.78, 5) is 17.3. The zero-order chi connectivity index (χ0) is 28.0. The van der Waals surface area contributed by atoms with E-state index in [0.717, 1.165) is 0 Å². The number of sulfonamides is 1. The third-order valence-corrected chi connectivity index (χ3v) is 7.11. The molecular formula is C30H25N3O5S. The molecule has 0 aliphatic carbocycles. The number of benzene rings is 3. The minimum absolute atomic E-state index is 0.0184. The van der Waals surface area contributed by atoms with Crippen LogP contribution in [0.5, 0.6) is 11.5 Å². The van der Waals surface area contributed by atoms with Crippen LogP contribution in [0.3, 0.4) is 0 Å². The van der Waals surface area contributed by atoms with Gasteiger partial charge in [-0.1, -0.05) is 36.6 Å². The number of nitrogen functional groups attached to an aromatic ring is 1. The second-order valence-electron chi connectivity index (χ2n) is 8.24. The Kier molecular flexibility index (Phi) is 7.98. The lowest BCUT2D eigenvalue weighted by Crippen LogP contribution is -2.14. The normalized spacial score (nSPS) is 10.6. The Morgan fingerprint density at radius 3 is 2.21 bits per heavy atom. The molecule has 39 heavy (non-hydrogen) atoms. The van der Waals surface area contributed by atoms with E-state index in [-0.39, 0.29) is 21.8 Å². The zero-order valence-corrected chi connectivity index (χ0v) is 22.1. The number of ether oxygens (including phenoxy) is 2. The van der Waals surface area contributed by atoms with Crippen LogP contribution in [0.4, 0.5) is 11.5 Å². The summed E-state index contributed by atoms with van der Waals surface area (Å²) in [5, 5.41) is 0. The minimum Gasteiger partial charge on any atom is -0.496 e. The Morgan fingerprint density at radius 1 is 0.897 bits per heavy atom. The number of rotatable bonds is 8. The number of ketones is 1. The Morgan fingerprint density at radius 2 is 1.56 bits per heavy atom. The molecule has 4 rings (SSSR count). The van der Waals surface area contributed by atoms with Gasteiger partial charge < -0.3 is 15.2 Å². The highest BCUT2D eigenvalue weighted by Crippen LogP contribution is 2.34. The Labute approximate surface area is 227 Å². The molecule has 8 nitrogen and oxygen atoms in total. The predicted octanol–water partition coefficient (Wildman–Crippen LogP) is 4.78. The van der Waals surface area contributed by atoms with Crippen LogP contribution >= 0.6 is 0 Å². The van der Waals surface area contributed by atoms with Crippen LogP contribution in [0.2, 0.25) is 0 Å². The summed E-state index contributed by atoms with van der Waals surface area (Å²) >= 11 is 0. The molecule has 0 amide bonds. The average Bonchev–Trinajstić information content (AvgIpc) is 2.96. The quantitative estimate of drug-likeness (QED) is 0.143. The van der Waals surface area contributed by atoms with Crippen LogP contribution in [0.1, 0.15) is 27.0 Å². The van der Waals surface area contributed by atoms with E-state index in [9.17, 15) is 13.2 Å². The molecule has 3 aromatic carbocycles. The van der Waals surface area contributed by atoms with Crippen LogP contribution in [0.15, 0.2) is 96.5 Å². The first-order chi connectivity index (χ1) is 18.7. The van der Waals surface area contributed by atoms with E-state index in [0.29, 0.717) is 33.9 Å². The van der Waals surface area contributed by atoms with E-state index in [4.69, 9.17) is 15.2 Å². The topological polar surface area (TPSA) is 121 Å². The predicted molar refractivity (Wildman–Crippen MR) is 151 cm³/mol. The fraction of sp³-hybridized carbons (Fsp3) is 0.0667. The van der Waals surface area contributed by atoms with Gasteiger partial charge >= 0.3 is 0 Å². The first-order valence-electron chi connectivity index (χ1n) is 11.6. The second-order valence-corrected chi connectivity index (χ2v) is 9.92. The van der Waals surface area contributed by atoms with E-state index >= 15 is 0 Å². The lowest BCUT2D eigenvalue weighted by atomic mass is 9.95. The number of nitrogens with one attached hydrogen (secondary N) is 1. The van der Waals surface area contributed by atoms with E-state index in [1.165, 1.54) is 50.7 Å². The highest BCUT2D eigenvalue weighted by molar-refractivity contribution is 7.92. The lowest BCUT2D eigenvalue weighted by Gasteiger charge is -2.14. The molecule has 0 aliphatic rings. The molecule has 0 spiro atoms. The molecule has 0 aliphatic heterocycles. The van der Waals surface area contributed by atoms with Gasteiger partial charge in [-0.25, -0.2) is 13.4 Å². The summed E-state index contributed by atoms with van der Waals surface area (Å²) in [6, 6.07) is 20.9. The fourth-order valence-corrected chi connectivity index (χ4v) is 4.69. The number of para-hydroxylation sites is 1. The molecule has 3 N–H and O–H groups in total. The van der Waals surface area contributed by atoms with E-state index in [1.807, 2.05) is 12.1 Å². The summed E-state index contributed by atoms with van der Waals surface area (Å²) in [7, 11) is -0.908. The smallest absolute Gasteiger partial charge is 0.263 e. The van der Waals surface area contributed by atoms with Crippen molar-refractivity contribution in [1.82, 2.24) is 4.98 Å². The van der Waals surface area contributed by atoms with Gasteiger partial charge in [0.1, 0.15) is 17.3 Å². The van der Waals surface area contributed by atoms with Gasteiger partial charge in [0.2, 0.25) is 0 Å². The van der Waals surface area contributed by atoms with Gasteiger partial charge in [0, 0.05) is 40.2 Å². The van der Waals surface area contributed by atoms with Gasteiger partial charge in [-0.05, 0) is 54.6 Å². The number of nitrogens with two attached hydrogens (primary N) is 1. The van der Waals surface area contributed by atoms with Crippen LogP contribution in [-0.2, 0) is 10.0 Å². The van der Waals surface area contributed by atoms with Crippen molar-refractivity contribution in [2.24, 2.45) is 0 Å². The molecule has 1 heterocycles. The molecule has 1 aromatic heterocycles. The van der Waals surface area contributed by atoms with Crippen LogP contribution in [0, 0.1) is 11.8 Å². The van der Waals surface area contributed by atoms with Gasteiger partial charge in [-0.3, -0.25) is 9.52 Å². The number of allylic oxidation sites excluding steroid dienone is 1. The molecule has 0 unspecified atom stereocenters. The lowest BCUT2D eigenvalue weighted by molar-refractivity contribution is 0.105. The molecule has 0 saturated heterocycles. The number of anilines is 2.